The van der Waals surface area contributed by atoms with Crippen LogP contribution in [0.2, 0.25) is 5.02 Å². The van der Waals surface area contributed by atoms with Crippen LogP contribution in [0.15, 0.2) is 23.0 Å². The smallest absolute Gasteiger partial charge is 0.372 e. The molecule has 1 aromatic carbocycles. The highest BCUT2D eigenvalue weighted by Gasteiger charge is 2.10. The van der Waals surface area contributed by atoms with E-state index in [-0.39, 0.29) is 15.9 Å². The highest BCUT2D eigenvalue weighted by atomic mass is 35.5. The molecule has 0 aliphatic carbocycles. The molecular formula is C9H5ClN2O3. The van der Waals surface area contributed by atoms with Crippen LogP contribution < -0.4 is 5.56 Å². The molecule has 15 heavy (non-hydrogen) atoms. The molecule has 2 rings (SSSR count). The molecule has 0 radical (unpaired) electrons. The average Bonchev–Trinajstić information content (AvgIpc) is 2.19. The van der Waals surface area contributed by atoms with Gasteiger partial charge in [-0.05, 0) is 12.1 Å². The van der Waals surface area contributed by atoms with E-state index < -0.39 is 17.4 Å². The number of fused-ring (bicyclic) bond motifs is 1. The Morgan fingerprint density at radius 2 is 2.20 bits per heavy atom. The standard InChI is InChI=1S/C9H5ClN2O3/c10-5-3-1-2-4-6(5)11-7(9(14)15)12-8(4)13/h1-3H,(H,14,15)(H,11,12,13). The van der Waals surface area contributed by atoms with Gasteiger partial charge in [-0.25, -0.2) is 9.78 Å². The van der Waals surface area contributed by atoms with Crippen molar-refractivity contribution in [2.24, 2.45) is 0 Å². The fraction of sp³-hybridized carbons (Fsp3) is 0. The van der Waals surface area contributed by atoms with Crippen molar-refractivity contribution < 1.29 is 9.90 Å². The fourth-order valence-corrected chi connectivity index (χ4v) is 1.44. The summed E-state index contributed by atoms with van der Waals surface area (Å²) in [7, 11) is 0. The van der Waals surface area contributed by atoms with Crippen molar-refractivity contribution in [3.05, 3.63) is 39.4 Å². The van der Waals surface area contributed by atoms with E-state index in [1.54, 1.807) is 12.1 Å². The maximum Gasteiger partial charge on any atom is 0.372 e. The Labute approximate surface area is 88.3 Å². The second-order valence-corrected chi connectivity index (χ2v) is 3.26. The van der Waals surface area contributed by atoms with E-state index in [9.17, 15) is 9.59 Å². The summed E-state index contributed by atoms with van der Waals surface area (Å²) in [4.78, 5) is 28.0. The Morgan fingerprint density at radius 3 is 2.87 bits per heavy atom. The number of carbonyl (C=O) groups is 1. The van der Waals surface area contributed by atoms with E-state index in [0.29, 0.717) is 0 Å². The van der Waals surface area contributed by atoms with Crippen LogP contribution in [0.1, 0.15) is 10.6 Å². The van der Waals surface area contributed by atoms with Crippen LogP contribution in [0.4, 0.5) is 0 Å². The Bertz CT molecular complexity index is 606. The van der Waals surface area contributed by atoms with Gasteiger partial charge < -0.3 is 10.1 Å². The lowest BCUT2D eigenvalue weighted by Gasteiger charge is -1.99. The number of halogens is 1. The first kappa shape index (κ1) is 9.67. The Kier molecular flexibility index (Phi) is 2.17. The molecule has 0 amide bonds. The van der Waals surface area contributed by atoms with Gasteiger partial charge in [-0.3, -0.25) is 4.79 Å². The SMILES string of the molecule is O=C(O)c1nc2c(Cl)cccc2c(=O)[nH]1. The molecule has 0 saturated carbocycles. The minimum atomic E-state index is -1.30. The van der Waals surface area contributed by atoms with Crippen molar-refractivity contribution in [2.45, 2.75) is 0 Å². The topological polar surface area (TPSA) is 83.0 Å². The van der Waals surface area contributed by atoms with Gasteiger partial charge in [-0.15, -0.1) is 0 Å². The minimum Gasteiger partial charge on any atom is -0.475 e. The van der Waals surface area contributed by atoms with E-state index in [2.05, 4.69) is 9.97 Å². The summed E-state index contributed by atoms with van der Waals surface area (Å²) in [6.07, 6.45) is 0. The zero-order valence-corrected chi connectivity index (χ0v) is 8.08. The Hall–Kier alpha value is -1.88. The third-order valence-electron chi connectivity index (χ3n) is 1.89. The lowest BCUT2D eigenvalue weighted by Crippen LogP contribution is -2.15. The molecule has 0 saturated heterocycles. The number of hydrogen-bond donors (Lipinski definition) is 2. The van der Waals surface area contributed by atoms with Crippen LogP contribution in [-0.2, 0) is 0 Å². The maximum absolute atomic E-state index is 11.4. The molecule has 1 aromatic heterocycles. The molecule has 0 atom stereocenters. The molecule has 2 N–H and O–H groups in total. The second kappa shape index (κ2) is 3.36. The molecule has 5 nitrogen and oxygen atoms in total. The number of H-pyrrole nitrogens is 1. The van der Waals surface area contributed by atoms with Gasteiger partial charge in [0.25, 0.3) is 5.56 Å². The number of aromatic nitrogens is 2. The summed E-state index contributed by atoms with van der Waals surface area (Å²) in [5.74, 6) is -1.71. The van der Waals surface area contributed by atoms with Gasteiger partial charge in [0.05, 0.1) is 15.9 Å². The van der Waals surface area contributed by atoms with Crippen LogP contribution in [0, 0.1) is 0 Å². The van der Waals surface area contributed by atoms with Crippen molar-refractivity contribution in [3.63, 3.8) is 0 Å². The van der Waals surface area contributed by atoms with Crippen LogP contribution in [0.25, 0.3) is 10.9 Å². The van der Waals surface area contributed by atoms with Gasteiger partial charge in [-0.2, -0.15) is 0 Å². The molecule has 6 heteroatoms. The predicted octanol–water partition coefficient (Wildman–Crippen LogP) is 1.27. The van der Waals surface area contributed by atoms with Gasteiger partial charge in [0.2, 0.25) is 5.82 Å². The molecule has 2 aromatic rings. The van der Waals surface area contributed by atoms with Gasteiger partial charge >= 0.3 is 5.97 Å². The third-order valence-corrected chi connectivity index (χ3v) is 2.19. The second-order valence-electron chi connectivity index (χ2n) is 2.86. The zero-order chi connectivity index (χ0) is 11.0. The fourth-order valence-electron chi connectivity index (χ4n) is 1.23. The zero-order valence-electron chi connectivity index (χ0n) is 7.32. The number of nitrogens with one attached hydrogen (secondary N) is 1. The molecular weight excluding hydrogens is 220 g/mol. The summed E-state index contributed by atoms with van der Waals surface area (Å²) >= 11 is 5.80. The van der Waals surface area contributed by atoms with Crippen LogP contribution in [-0.4, -0.2) is 21.0 Å². The van der Waals surface area contributed by atoms with E-state index in [1.807, 2.05) is 0 Å². The largest absolute Gasteiger partial charge is 0.475 e. The lowest BCUT2D eigenvalue weighted by molar-refractivity contribution is 0.0683. The number of carboxylic acids is 1. The number of nitrogens with zero attached hydrogens (tertiary/aromatic N) is 1. The molecule has 0 aliphatic rings. The summed E-state index contributed by atoms with van der Waals surface area (Å²) in [5.41, 5.74) is -0.319. The summed E-state index contributed by atoms with van der Waals surface area (Å²) in [6, 6.07) is 4.67. The van der Waals surface area contributed by atoms with Crippen LogP contribution >= 0.6 is 11.6 Å². The number of rotatable bonds is 1. The number of carboxylic acid groups (broad SMARTS) is 1. The first-order chi connectivity index (χ1) is 7.09. The molecule has 0 unspecified atom stereocenters. The van der Waals surface area contributed by atoms with Crippen LogP contribution in [0.5, 0.6) is 0 Å². The third kappa shape index (κ3) is 1.57. The summed E-state index contributed by atoms with van der Waals surface area (Å²) in [6.45, 7) is 0. The molecule has 76 valence electrons. The van der Waals surface area contributed by atoms with Crippen molar-refractivity contribution in [1.82, 2.24) is 9.97 Å². The predicted molar refractivity (Wildman–Crippen MR) is 54.3 cm³/mol. The van der Waals surface area contributed by atoms with E-state index in [0.717, 1.165) is 0 Å². The van der Waals surface area contributed by atoms with Gasteiger partial charge in [-0.1, -0.05) is 17.7 Å². The molecule has 0 spiro atoms. The Balaban J connectivity index is 2.92. The number of aromatic carboxylic acids is 1. The lowest BCUT2D eigenvalue weighted by atomic mass is 10.2. The number of para-hydroxylation sites is 1. The maximum atomic E-state index is 11.4. The first-order valence-corrected chi connectivity index (χ1v) is 4.39. The van der Waals surface area contributed by atoms with E-state index >= 15 is 0 Å². The highest BCUT2D eigenvalue weighted by molar-refractivity contribution is 6.35. The summed E-state index contributed by atoms with van der Waals surface area (Å²) < 4.78 is 0. The van der Waals surface area contributed by atoms with Crippen LogP contribution in [0.3, 0.4) is 0 Å². The first-order valence-electron chi connectivity index (χ1n) is 4.01. The average molecular weight is 225 g/mol. The van der Waals surface area contributed by atoms with Gasteiger partial charge in [0.15, 0.2) is 0 Å². The van der Waals surface area contributed by atoms with Gasteiger partial charge in [0.1, 0.15) is 0 Å². The Morgan fingerprint density at radius 1 is 1.47 bits per heavy atom. The van der Waals surface area contributed by atoms with Crippen molar-refractivity contribution in [1.29, 1.82) is 0 Å². The molecule has 1 heterocycles. The van der Waals surface area contributed by atoms with Gasteiger partial charge in [0, 0.05) is 0 Å². The minimum absolute atomic E-state index is 0.195. The summed E-state index contributed by atoms with van der Waals surface area (Å²) in [5, 5.41) is 9.21. The molecule has 0 aliphatic heterocycles. The number of hydrogen-bond acceptors (Lipinski definition) is 3. The normalized spacial score (nSPS) is 10.5. The number of aromatic amines is 1. The van der Waals surface area contributed by atoms with Crippen molar-refractivity contribution >= 4 is 28.5 Å². The molecule has 0 bridgehead atoms. The van der Waals surface area contributed by atoms with Crippen molar-refractivity contribution in [3.8, 4) is 0 Å². The quantitative estimate of drug-likeness (QED) is 0.764. The monoisotopic (exact) mass is 224 g/mol. The van der Waals surface area contributed by atoms with Crippen molar-refractivity contribution in [2.75, 3.05) is 0 Å². The van der Waals surface area contributed by atoms with E-state index in [1.165, 1.54) is 6.07 Å². The number of benzene rings is 1. The highest BCUT2D eigenvalue weighted by Crippen LogP contribution is 2.18. The molecule has 0 fully saturated rings. The van der Waals surface area contributed by atoms with E-state index in [4.69, 9.17) is 16.7 Å².